The van der Waals surface area contributed by atoms with Crippen molar-refractivity contribution in [2.45, 2.75) is 109 Å². The Morgan fingerprint density at radius 3 is 2.20 bits per heavy atom. The van der Waals surface area contributed by atoms with E-state index < -0.39 is 16.4 Å². The number of urea groups is 1. The van der Waals surface area contributed by atoms with Crippen LogP contribution in [0, 0.1) is 39.4 Å². The van der Waals surface area contributed by atoms with Crippen LogP contribution in [-0.4, -0.2) is 45.2 Å². The number of aliphatic hydroxyl groups excluding tert-OH is 1. The van der Waals surface area contributed by atoms with Crippen molar-refractivity contribution in [1.29, 1.82) is 0 Å². The molecule has 49 heavy (non-hydrogen) atoms. The average Bonchev–Trinajstić information content (AvgIpc) is 3.38. The van der Waals surface area contributed by atoms with Crippen LogP contribution in [0.5, 0.6) is 0 Å². The molecule has 7 aliphatic rings. The fourth-order valence-electron chi connectivity index (χ4n) is 12.2. The highest BCUT2D eigenvalue weighted by molar-refractivity contribution is 6.00. The summed E-state index contributed by atoms with van der Waals surface area (Å²) < 4.78 is 0. The summed E-state index contributed by atoms with van der Waals surface area (Å²) in [7, 11) is 0. The van der Waals surface area contributed by atoms with Crippen molar-refractivity contribution >= 4 is 17.5 Å². The molecule has 0 radical (unpaired) electrons. The highest BCUT2D eigenvalue weighted by Crippen LogP contribution is 2.78. The number of rotatable bonds is 7. The van der Waals surface area contributed by atoms with Crippen molar-refractivity contribution in [2.75, 3.05) is 11.9 Å². The standard InChI is InChI=1S/C43H54N2O4/c1-39-21-18-33(46)26-41(39)24-25-43(34(27-41)37(47)31-14-8-4-9-15-31)35(39)19-22-40(2)36(43)20-23-42(40,49)29-45(28-30-12-6-3-7-13-30)38(48)44-32-16-10-5-11-17-32/h3,5-7,10-13,16-17,24-25,27,31,33,35-36,46,49H,4,8-9,14-15,18-23,26,28-29H2,1-2H3,(H,44,48)/t33?,35-,36-,39-,40+,41+,42-,43-/m1/s1. The van der Waals surface area contributed by atoms with Gasteiger partial charge in [0, 0.05) is 40.0 Å². The van der Waals surface area contributed by atoms with Crippen molar-refractivity contribution in [1.82, 2.24) is 4.90 Å². The predicted octanol–water partition coefficient (Wildman–Crippen LogP) is 8.46. The predicted molar refractivity (Wildman–Crippen MR) is 192 cm³/mol. The number of hydrogen-bond acceptors (Lipinski definition) is 4. The Hall–Kier alpha value is -3.22. The normalized spacial score (nSPS) is 39.3. The zero-order chi connectivity index (χ0) is 34.1. The van der Waals surface area contributed by atoms with Gasteiger partial charge in [0.2, 0.25) is 0 Å². The maximum absolute atomic E-state index is 14.9. The van der Waals surface area contributed by atoms with Gasteiger partial charge in [-0.1, -0.05) is 99.9 Å². The number of carbonyl (C=O) groups is 2. The number of fused-ring (bicyclic) bond motifs is 1. The van der Waals surface area contributed by atoms with E-state index in [1.807, 2.05) is 60.7 Å². The van der Waals surface area contributed by atoms with E-state index in [0.717, 1.165) is 74.6 Å². The van der Waals surface area contributed by atoms with Crippen molar-refractivity contribution in [3.05, 3.63) is 90.0 Å². The van der Waals surface area contributed by atoms with E-state index in [0.29, 0.717) is 25.2 Å². The van der Waals surface area contributed by atoms with Crippen molar-refractivity contribution in [3.63, 3.8) is 0 Å². The Morgan fingerprint density at radius 2 is 1.47 bits per heavy atom. The maximum Gasteiger partial charge on any atom is 0.322 e. The summed E-state index contributed by atoms with van der Waals surface area (Å²) in [5, 5.41) is 27.2. The molecule has 6 heteroatoms. The monoisotopic (exact) mass is 662 g/mol. The molecule has 9 rings (SSSR count). The van der Waals surface area contributed by atoms with Crippen LogP contribution in [0.3, 0.4) is 0 Å². The fraction of sp³-hybridized carbons (Fsp3) is 0.581. The van der Waals surface area contributed by atoms with Gasteiger partial charge in [-0.3, -0.25) is 4.79 Å². The minimum atomic E-state index is -1.12. The summed E-state index contributed by atoms with van der Waals surface area (Å²) in [5.74, 6) is 0.766. The van der Waals surface area contributed by atoms with Crippen molar-refractivity contribution < 1.29 is 19.8 Å². The zero-order valence-corrected chi connectivity index (χ0v) is 29.4. The lowest BCUT2D eigenvalue weighted by Gasteiger charge is -2.71. The molecule has 6 nitrogen and oxygen atoms in total. The number of nitrogens with one attached hydrogen (secondary N) is 1. The molecule has 2 bridgehead atoms. The minimum absolute atomic E-state index is 0.0473. The van der Waals surface area contributed by atoms with E-state index in [1.54, 1.807) is 4.90 Å². The van der Waals surface area contributed by atoms with Crippen LogP contribution in [-0.2, 0) is 11.3 Å². The summed E-state index contributed by atoms with van der Waals surface area (Å²) in [4.78, 5) is 30.7. The van der Waals surface area contributed by atoms with Gasteiger partial charge in [0.15, 0.2) is 5.78 Å². The Balaban J connectivity index is 1.17. The number of aliphatic hydroxyl groups is 2. The van der Waals surface area contributed by atoms with Crippen LogP contribution < -0.4 is 5.32 Å². The third-order valence-corrected chi connectivity index (χ3v) is 14.9. The first-order valence-corrected chi connectivity index (χ1v) is 19.1. The SMILES string of the molecule is C[C@]12CC[C@H]3[C@]4(C=C[C@@]5(C=C4C(=O)C4CCCCC4)CC(O)CC[C@]35C)[C@@H]1CC[C@@]2(O)CN(Cc1ccccc1)C(=O)Nc1ccccc1. The van der Waals surface area contributed by atoms with Gasteiger partial charge in [-0.15, -0.1) is 0 Å². The van der Waals surface area contributed by atoms with E-state index in [9.17, 15) is 19.8 Å². The molecule has 1 unspecified atom stereocenters. The molecule has 0 aliphatic heterocycles. The zero-order valence-electron chi connectivity index (χ0n) is 29.4. The van der Waals surface area contributed by atoms with Crippen LogP contribution in [0.1, 0.15) is 96.5 Å². The second-order valence-electron chi connectivity index (χ2n) is 17.1. The molecule has 3 N–H and O–H groups in total. The summed E-state index contributed by atoms with van der Waals surface area (Å²) in [6.07, 6.45) is 17.8. The van der Waals surface area contributed by atoms with E-state index in [-0.39, 0.29) is 47.3 Å². The number of para-hydroxylation sites is 1. The molecule has 4 fully saturated rings. The number of benzene rings is 2. The third-order valence-electron chi connectivity index (χ3n) is 14.9. The largest absolute Gasteiger partial charge is 0.393 e. The molecular weight excluding hydrogens is 608 g/mol. The Kier molecular flexibility index (Phi) is 8.03. The summed E-state index contributed by atoms with van der Waals surface area (Å²) >= 11 is 0. The number of hydrogen-bond donors (Lipinski definition) is 3. The van der Waals surface area contributed by atoms with Crippen LogP contribution in [0.4, 0.5) is 10.5 Å². The molecule has 2 aromatic rings. The Morgan fingerprint density at radius 1 is 0.816 bits per heavy atom. The molecular formula is C43H54N2O4. The topological polar surface area (TPSA) is 89.9 Å². The number of nitrogens with zero attached hydrogens (tertiary/aromatic N) is 1. The average molecular weight is 663 g/mol. The number of carbonyl (C=O) groups excluding carboxylic acids is 2. The quantitative estimate of drug-likeness (QED) is 0.260. The van der Waals surface area contributed by atoms with Gasteiger partial charge >= 0.3 is 6.03 Å². The number of Topliss-reactive ketones (excluding diaryl/α,β-unsaturated/α-hetero) is 1. The van der Waals surface area contributed by atoms with Gasteiger partial charge in [-0.2, -0.15) is 0 Å². The highest BCUT2D eigenvalue weighted by Gasteiger charge is 2.74. The Bertz CT molecular complexity index is 1650. The molecule has 8 atom stereocenters. The van der Waals surface area contributed by atoms with Gasteiger partial charge in [-0.05, 0) is 92.7 Å². The lowest BCUT2D eigenvalue weighted by molar-refractivity contribution is -0.178. The Labute approximate surface area is 292 Å². The number of ketones is 1. The molecule has 0 saturated heterocycles. The molecule has 2 aromatic carbocycles. The lowest BCUT2D eigenvalue weighted by atomic mass is 9.32. The number of anilines is 1. The van der Waals surface area contributed by atoms with Crippen LogP contribution in [0.2, 0.25) is 0 Å². The molecule has 260 valence electrons. The summed E-state index contributed by atoms with van der Waals surface area (Å²) in [5.41, 5.74) is 0.336. The molecule has 2 spiro atoms. The second-order valence-corrected chi connectivity index (χ2v) is 17.1. The van der Waals surface area contributed by atoms with Gasteiger partial charge in [-0.25, -0.2) is 4.79 Å². The van der Waals surface area contributed by atoms with Gasteiger partial charge in [0.1, 0.15) is 0 Å². The van der Waals surface area contributed by atoms with Gasteiger partial charge < -0.3 is 20.4 Å². The van der Waals surface area contributed by atoms with Crippen molar-refractivity contribution in [3.8, 4) is 0 Å². The summed E-state index contributed by atoms with van der Waals surface area (Å²) in [6, 6.07) is 19.4. The van der Waals surface area contributed by atoms with Crippen LogP contribution in [0.25, 0.3) is 0 Å². The van der Waals surface area contributed by atoms with E-state index >= 15 is 0 Å². The molecule has 0 aromatic heterocycles. The summed E-state index contributed by atoms with van der Waals surface area (Å²) in [6.45, 7) is 5.33. The van der Waals surface area contributed by atoms with E-state index in [2.05, 4.69) is 37.4 Å². The highest BCUT2D eigenvalue weighted by atomic mass is 16.3. The van der Waals surface area contributed by atoms with E-state index in [4.69, 9.17) is 0 Å². The molecule has 4 saturated carbocycles. The van der Waals surface area contributed by atoms with Crippen LogP contribution >= 0.6 is 0 Å². The number of amides is 2. The first kappa shape index (κ1) is 33.0. The van der Waals surface area contributed by atoms with E-state index in [1.165, 1.54) is 6.42 Å². The number of allylic oxidation sites excluding steroid dienone is 4. The second kappa shape index (κ2) is 11.9. The fourth-order valence-corrected chi connectivity index (χ4v) is 12.2. The first-order chi connectivity index (χ1) is 23.5. The van der Waals surface area contributed by atoms with Gasteiger partial charge in [0.25, 0.3) is 0 Å². The maximum atomic E-state index is 14.9. The van der Waals surface area contributed by atoms with Gasteiger partial charge in [0.05, 0.1) is 18.2 Å². The first-order valence-electron chi connectivity index (χ1n) is 19.1. The minimum Gasteiger partial charge on any atom is -0.393 e. The van der Waals surface area contributed by atoms with Crippen LogP contribution in [0.15, 0.2) is 84.5 Å². The third kappa shape index (κ3) is 4.94. The smallest absolute Gasteiger partial charge is 0.322 e. The van der Waals surface area contributed by atoms with Crippen molar-refractivity contribution in [2.24, 2.45) is 39.4 Å². The lowest BCUT2D eigenvalue weighted by Crippen LogP contribution is -2.67. The molecule has 2 amide bonds. The molecule has 0 heterocycles. The molecule has 7 aliphatic carbocycles.